The topological polar surface area (TPSA) is 72.2 Å². The van der Waals surface area contributed by atoms with Gasteiger partial charge in [0.1, 0.15) is 0 Å². The predicted octanol–water partition coefficient (Wildman–Crippen LogP) is 0.757. The summed E-state index contributed by atoms with van der Waals surface area (Å²) >= 11 is 1.23. The SMILES string of the molecule is CSC(=O)[C@H]1CCCC[C@H]1C(=O)NCCN. The molecule has 0 heterocycles. The van der Waals surface area contributed by atoms with Gasteiger partial charge in [-0.2, -0.15) is 0 Å². The summed E-state index contributed by atoms with van der Waals surface area (Å²) in [6.07, 6.45) is 5.55. The highest BCUT2D eigenvalue weighted by Crippen LogP contribution is 2.33. The Balaban J connectivity index is 2.59. The molecule has 3 N–H and O–H groups in total. The molecule has 1 saturated carbocycles. The first-order valence-corrected chi connectivity index (χ1v) is 6.98. The van der Waals surface area contributed by atoms with E-state index in [2.05, 4.69) is 5.32 Å². The Kier molecular flexibility index (Phi) is 5.84. The van der Waals surface area contributed by atoms with Crippen LogP contribution in [-0.2, 0) is 9.59 Å². The summed E-state index contributed by atoms with van der Waals surface area (Å²) in [5.41, 5.74) is 5.34. The lowest BCUT2D eigenvalue weighted by Crippen LogP contribution is -2.40. The third-order valence-corrected chi connectivity index (χ3v) is 3.76. The van der Waals surface area contributed by atoms with Gasteiger partial charge in [0.2, 0.25) is 5.91 Å². The van der Waals surface area contributed by atoms with Crippen LogP contribution in [0.5, 0.6) is 0 Å². The molecular formula is C11H20N2O2S. The Hall–Kier alpha value is -0.550. The van der Waals surface area contributed by atoms with Crippen molar-refractivity contribution in [3.8, 4) is 0 Å². The second-order valence-corrected chi connectivity index (χ2v) is 4.91. The van der Waals surface area contributed by atoms with Crippen molar-refractivity contribution in [2.75, 3.05) is 19.3 Å². The molecule has 5 heteroatoms. The van der Waals surface area contributed by atoms with Crippen LogP contribution in [0.2, 0.25) is 0 Å². The lowest BCUT2D eigenvalue weighted by Gasteiger charge is -2.28. The van der Waals surface area contributed by atoms with Gasteiger partial charge in [-0.3, -0.25) is 9.59 Å². The van der Waals surface area contributed by atoms with Gasteiger partial charge in [0.25, 0.3) is 0 Å². The van der Waals surface area contributed by atoms with Crippen molar-refractivity contribution in [3.05, 3.63) is 0 Å². The molecule has 1 rings (SSSR count). The average Bonchev–Trinajstić information content (AvgIpc) is 2.35. The number of hydrogen-bond donors (Lipinski definition) is 2. The summed E-state index contributed by atoms with van der Waals surface area (Å²) in [5, 5.41) is 2.93. The standard InChI is InChI=1S/C11H20N2O2S/c1-16-11(15)9-5-3-2-4-8(9)10(14)13-7-6-12/h8-9H,2-7,12H2,1H3,(H,13,14)/t8-,9+/m1/s1. The van der Waals surface area contributed by atoms with Crippen molar-refractivity contribution in [1.82, 2.24) is 5.32 Å². The molecule has 0 saturated heterocycles. The molecule has 4 nitrogen and oxygen atoms in total. The van der Waals surface area contributed by atoms with Crippen molar-refractivity contribution in [3.63, 3.8) is 0 Å². The number of thioether (sulfide) groups is 1. The van der Waals surface area contributed by atoms with Gasteiger partial charge in [-0.05, 0) is 19.1 Å². The fourth-order valence-electron chi connectivity index (χ4n) is 2.20. The van der Waals surface area contributed by atoms with Gasteiger partial charge >= 0.3 is 0 Å². The lowest BCUT2D eigenvalue weighted by atomic mass is 9.79. The van der Waals surface area contributed by atoms with Crippen molar-refractivity contribution in [2.24, 2.45) is 17.6 Å². The molecule has 0 aliphatic heterocycles. The minimum Gasteiger partial charge on any atom is -0.355 e. The molecule has 0 aromatic rings. The maximum absolute atomic E-state index is 11.9. The molecule has 0 aromatic heterocycles. The summed E-state index contributed by atoms with van der Waals surface area (Å²) in [7, 11) is 0. The van der Waals surface area contributed by atoms with Crippen molar-refractivity contribution < 1.29 is 9.59 Å². The Morgan fingerprint density at radius 3 is 2.50 bits per heavy atom. The van der Waals surface area contributed by atoms with Crippen molar-refractivity contribution in [2.45, 2.75) is 25.7 Å². The van der Waals surface area contributed by atoms with E-state index < -0.39 is 0 Å². The third kappa shape index (κ3) is 3.49. The fourth-order valence-corrected chi connectivity index (χ4v) is 2.79. The third-order valence-electron chi connectivity index (χ3n) is 3.05. The summed E-state index contributed by atoms with van der Waals surface area (Å²) in [4.78, 5) is 23.6. The fraction of sp³-hybridized carbons (Fsp3) is 0.818. The predicted molar refractivity (Wildman–Crippen MR) is 66.0 cm³/mol. The number of hydrogen-bond acceptors (Lipinski definition) is 4. The van der Waals surface area contributed by atoms with Crippen LogP contribution in [0.1, 0.15) is 25.7 Å². The maximum atomic E-state index is 11.9. The van der Waals surface area contributed by atoms with Crippen LogP contribution in [-0.4, -0.2) is 30.4 Å². The van der Waals surface area contributed by atoms with E-state index in [0.29, 0.717) is 13.1 Å². The average molecular weight is 244 g/mol. The molecule has 0 unspecified atom stereocenters. The van der Waals surface area contributed by atoms with E-state index in [1.54, 1.807) is 6.26 Å². The Labute approximate surface area is 101 Å². The van der Waals surface area contributed by atoms with Gasteiger partial charge < -0.3 is 11.1 Å². The van der Waals surface area contributed by atoms with Crippen LogP contribution in [0.15, 0.2) is 0 Å². The molecular weight excluding hydrogens is 224 g/mol. The summed E-state index contributed by atoms with van der Waals surface area (Å²) in [5.74, 6) is -0.237. The number of rotatable bonds is 4. The lowest BCUT2D eigenvalue weighted by molar-refractivity contribution is -0.131. The minimum absolute atomic E-state index is 0.00227. The number of amides is 1. The van der Waals surface area contributed by atoms with Gasteiger partial charge in [0.15, 0.2) is 5.12 Å². The number of carbonyl (C=O) groups is 2. The molecule has 1 amide bonds. The van der Waals surface area contributed by atoms with Crippen molar-refractivity contribution in [1.29, 1.82) is 0 Å². The van der Waals surface area contributed by atoms with E-state index in [4.69, 9.17) is 5.73 Å². The van der Waals surface area contributed by atoms with E-state index in [1.165, 1.54) is 11.8 Å². The van der Waals surface area contributed by atoms with Crippen LogP contribution in [0.25, 0.3) is 0 Å². The number of nitrogens with two attached hydrogens (primary N) is 1. The van der Waals surface area contributed by atoms with E-state index in [9.17, 15) is 9.59 Å². The Bertz CT molecular complexity index is 258. The molecule has 0 radical (unpaired) electrons. The van der Waals surface area contributed by atoms with E-state index >= 15 is 0 Å². The van der Waals surface area contributed by atoms with E-state index in [-0.39, 0.29) is 22.9 Å². The Morgan fingerprint density at radius 2 is 1.94 bits per heavy atom. The van der Waals surface area contributed by atoms with Crippen LogP contribution in [0, 0.1) is 11.8 Å². The molecule has 0 spiro atoms. The van der Waals surface area contributed by atoms with Crippen molar-refractivity contribution >= 4 is 22.8 Å². The van der Waals surface area contributed by atoms with Gasteiger partial charge in [-0.1, -0.05) is 24.6 Å². The quantitative estimate of drug-likeness (QED) is 0.766. The molecule has 92 valence electrons. The largest absolute Gasteiger partial charge is 0.355 e. The highest BCUT2D eigenvalue weighted by molar-refractivity contribution is 8.13. The van der Waals surface area contributed by atoms with Crippen LogP contribution in [0.4, 0.5) is 0 Å². The summed E-state index contributed by atoms with van der Waals surface area (Å²) in [6.45, 7) is 0.940. The highest BCUT2D eigenvalue weighted by atomic mass is 32.2. The first-order chi connectivity index (χ1) is 7.70. The number of carbonyl (C=O) groups excluding carboxylic acids is 2. The van der Waals surface area contributed by atoms with Gasteiger partial charge in [0, 0.05) is 24.9 Å². The zero-order valence-electron chi connectivity index (χ0n) is 9.70. The second-order valence-electron chi connectivity index (χ2n) is 4.10. The highest BCUT2D eigenvalue weighted by Gasteiger charge is 2.34. The molecule has 2 atom stereocenters. The first-order valence-electron chi connectivity index (χ1n) is 5.76. The van der Waals surface area contributed by atoms with Crippen LogP contribution >= 0.6 is 11.8 Å². The summed E-state index contributed by atoms with van der Waals surface area (Å²) in [6, 6.07) is 0. The second kappa shape index (κ2) is 6.91. The van der Waals surface area contributed by atoms with Gasteiger partial charge in [0.05, 0.1) is 0 Å². The molecule has 16 heavy (non-hydrogen) atoms. The minimum atomic E-state index is -0.139. The first kappa shape index (κ1) is 13.5. The van der Waals surface area contributed by atoms with Crippen LogP contribution in [0.3, 0.4) is 0 Å². The maximum Gasteiger partial charge on any atom is 0.223 e. The Morgan fingerprint density at radius 1 is 1.31 bits per heavy atom. The molecule has 1 aliphatic rings. The monoisotopic (exact) mass is 244 g/mol. The van der Waals surface area contributed by atoms with E-state index in [1.807, 2.05) is 0 Å². The zero-order chi connectivity index (χ0) is 12.0. The van der Waals surface area contributed by atoms with Gasteiger partial charge in [-0.15, -0.1) is 0 Å². The normalized spacial score (nSPS) is 25.1. The number of nitrogens with one attached hydrogen (secondary N) is 1. The molecule has 1 fully saturated rings. The molecule has 1 aliphatic carbocycles. The molecule has 0 bridgehead atoms. The zero-order valence-corrected chi connectivity index (χ0v) is 10.5. The van der Waals surface area contributed by atoms with Crippen LogP contribution < -0.4 is 11.1 Å². The molecule has 0 aromatic carbocycles. The van der Waals surface area contributed by atoms with Gasteiger partial charge in [-0.25, -0.2) is 0 Å². The van der Waals surface area contributed by atoms with E-state index in [0.717, 1.165) is 25.7 Å². The smallest absolute Gasteiger partial charge is 0.223 e. The summed E-state index contributed by atoms with van der Waals surface area (Å²) < 4.78 is 0.